The second-order valence-corrected chi connectivity index (χ2v) is 6.36. The molecule has 1 aromatic rings. The number of halogens is 6. The zero-order valence-corrected chi connectivity index (χ0v) is 13.7. The summed E-state index contributed by atoms with van der Waals surface area (Å²) in [6, 6.07) is -0.397. The Kier molecular flexibility index (Phi) is 5.31. The molecule has 1 aromatic heterocycles. The van der Waals surface area contributed by atoms with Crippen molar-refractivity contribution in [2.24, 2.45) is 0 Å². The molecular weight excluding hydrogens is 405 g/mol. The summed E-state index contributed by atoms with van der Waals surface area (Å²) >= 11 is 2.94. The van der Waals surface area contributed by atoms with Crippen LogP contribution in [0.25, 0.3) is 0 Å². The maximum Gasteiger partial charge on any atom is 0.435 e. The lowest BCUT2D eigenvalue weighted by Gasteiger charge is -2.31. The molecule has 1 unspecified atom stereocenters. The fraction of sp³-hybridized carbons (Fsp3) is 0.615. The van der Waals surface area contributed by atoms with Crippen molar-refractivity contribution in [3.05, 3.63) is 16.2 Å². The van der Waals surface area contributed by atoms with E-state index in [1.807, 2.05) is 0 Å². The molecule has 5 nitrogen and oxygen atoms in total. The topological polar surface area (TPSA) is 66.3 Å². The van der Waals surface area contributed by atoms with Crippen LogP contribution in [0.5, 0.6) is 0 Å². The predicted molar refractivity (Wildman–Crippen MR) is 76.9 cm³/mol. The molecule has 1 N–H and O–H groups in total. The van der Waals surface area contributed by atoms with Crippen molar-refractivity contribution in [2.45, 2.75) is 43.8 Å². The van der Waals surface area contributed by atoms with E-state index in [1.165, 1.54) is 4.90 Å². The minimum atomic E-state index is -4.69. The summed E-state index contributed by atoms with van der Waals surface area (Å²) in [5.41, 5.74) is -1.23. The second-order valence-electron chi connectivity index (χ2n) is 5.51. The molecule has 24 heavy (non-hydrogen) atoms. The summed E-state index contributed by atoms with van der Waals surface area (Å²) in [7, 11) is 0. The number of nitrogens with zero attached hydrogens (tertiary/aromatic N) is 3. The number of rotatable bonds is 3. The molecule has 1 aliphatic heterocycles. The standard InChI is InChI=1S/C13H13BrF5N3O2/c14-8-5-9(13(17,18)19)20-21-11(8)22-3-1-2-12(15,16)6-7(22)4-10(23)24/h5,7H,1-4,6H2,(H,23,24). The molecule has 0 amide bonds. The van der Waals surface area contributed by atoms with Crippen LogP contribution in [0.3, 0.4) is 0 Å². The van der Waals surface area contributed by atoms with Gasteiger partial charge in [0.1, 0.15) is 0 Å². The number of aliphatic carboxylic acids is 1. The molecule has 1 saturated heterocycles. The van der Waals surface area contributed by atoms with Gasteiger partial charge in [-0.1, -0.05) is 0 Å². The third-order valence-corrected chi connectivity index (χ3v) is 4.20. The summed E-state index contributed by atoms with van der Waals surface area (Å²) < 4.78 is 65.4. The number of anilines is 1. The molecule has 0 radical (unpaired) electrons. The zero-order valence-electron chi connectivity index (χ0n) is 12.2. The smallest absolute Gasteiger partial charge is 0.435 e. The maximum absolute atomic E-state index is 13.8. The van der Waals surface area contributed by atoms with E-state index in [0.717, 1.165) is 0 Å². The van der Waals surface area contributed by atoms with E-state index < -0.39 is 49.1 Å². The molecule has 1 aliphatic rings. The lowest BCUT2D eigenvalue weighted by Crippen LogP contribution is -2.39. The largest absolute Gasteiger partial charge is 0.481 e. The average molecular weight is 418 g/mol. The number of alkyl halides is 5. The molecule has 0 saturated carbocycles. The van der Waals surface area contributed by atoms with Gasteiger partial charge in [0.25, 0.3) is 0 Å². The third kappa shape index (κ3) is 4.52. The summed E-state index contributed by atoms with van der Waals surface area (Å²) in [4.78, 5) is 12.3. The molecule has 2 rings (SSSR count). The second kappa shape index (κ2) is 6.77. The normalized spacial score (nSPS) is 21.4. The van der Waals surface area contributed by atoms with Crippen molar-refractivity contribution in [3.8, 4) is 0 Å². The average Bonchev–Trinajstić information content (AvgIpc) is 2.55. The quantitative estimate of drug-likeness (QED) is 0.759. The van der Waals surface area contributed by atoms with Crippen LogP contribution >= 0.6 is 15.9 Å². The van der Waals surface area contributed by atoms with Gasteiger partial charge in [0.15, 0.2) is 11.5 Å². The molecule has 11 heteroatoms. The first-order valence-electron chi connectivity index (χ1n) is 6.96. The van der Waals surface area contributed by atoms with E-state index in [0.29, 0.717) is 6.07 Å². The molecule has 134 valence electrons. The van der Waals surface area contributed by atoms with Gasteiger partial charge in [-0.2, -0.15) is 13.2 Å². The van der Waals surface area contributed by atoms with Crippen LogP contribution in [0.2, 0.25) is 0 Å². The van der Waals surface area contributed by atoms with Gasteiger partial charge < -0.3 is 10.0 Å². The van der Waals surface area contributed by atoms with Gasteiger partial charge in [-0.25, -0.2) is 8.78 Å². The van der Waals surface area contributed by atoms with E-state index in [-0.39, 0.29) is 23.3 Å². The van der Waals surface area contributed by atoms with Crippen LogP contribution in [-0.4, -0.2) is 39.8 Å². The third-order valence-electron chi connectivity index (χ3n) is 3.62. The van der Waals surface area contributed by atoms with Crippen molar-refractivity contribution in [3.63, 3.8) is 0 Å². The Balaban J connectivity index is 2.37. The fourth-order valence-electron chi connectivity index (χ4n) is 2.61. The van der Waals surface area contributed by atoms with E-state index in [2.05, 4.69) is 26.1 Å². The highest BCUT2D eigenvalue weighted by molar-refractivity contribution is 9.10. The van der Waals surface area contributed by atoms with Crippen molar-refractivity contribution >= 4 is 27.7 Å². The summed E-state index contributed by atoms with van der Waals surface area (Å²) in [6.07, 6.45) is -6.36. The first-order chi connectivity index (χ1) is 11.0. The number of aromatic nitrogens is 2. The first-order valence-corrected chi connectivity index (χ1v) is 7.75. The predicted octanol–water partition coefficient (Wildman–Crippen LogP) is 3.73. The van der Waals surface area contributed by atoms with E-state index in [9.17, 15) is 26.7 Å². The van der Waals surface area contributed by atoms with Crippen LogP contribution in [-0.2, 0) is 11.0 Å². The first kappa shape index (κ1) is 18.8. The van der Waals surface area contributed by atoms with Gasteiger partial charge in [0.05, 0.1) is 10.9 Å². The van der Waals surface area contributed by atoms with E-state index >= 15 is 0 Å². The molecule has 1 atom stereocenters. The Labute approximate surface area is 142 Å². The highest BCUT2D eigenvalue weighted by Crippen LogP contribution is 2.37. The molecule has 0 spiro atoms. The Morgan fingerprint density at radius 2 is 2.08 bits per heavy atom. The number of carbonyl (C=O) groups is 1. The Morgan fingerprint density at radius 1 is 1.42 bits per heavy atom. The monoisotopic (exact) mass is 417 g/mol. The van der Waals surface area contributed by atoms with E-state index in [1.54, 1.807) is 0 Å². The zero-order chi connectivity index (χ0) is 18.1. The van der Waals surface area contributed by atoms with Crippen molar-refractivity contribution in [1.82, 2.24) is 10.2 Å². The highest BCUT2D eigenvalue weighted by atomic mass is 79.9. The number of carboxylic acids is 1. The van der Waals surface area contributed by atoms with Crippen LogP contribution < -0.4 is 4.90 Å². The Hall–Kier alpha value is -1.52. The minimum Gasteiger partial charge on any atom is -0.481 e. The van der Waals surface area contributed by atoms with Crippen LogP contribution in [0.1, 0.15) is 31.4 Å². The highest BCUT2D eigenvalue weighted by Gasteiger charge is 2.40. The molecular formula is C13H13BrF5N3O2. The molecule has 0 aliphatic carbocycles. The summed E-state index contributed by atoms with van der Waals surface area (Å²) in [6.45, 7) is 0.0478. The molecule has 0 bridgehead atoms. The molecule has 0 aromatic carbocycles. The van der Waals surface area contributed by atoms with Crippen molar-refractivity contribution < 1.29 is 31.9 Å². The molecule has 2 heterocycles. The van der Waals surface area contributed by atoms with E-state index in [4.69, 9.17) is 5.11 Å². The number of hydrogen-bond acceptors (Lipinski definition) is 4. The van der Waals surface area contributed by atoms with Crippen molar-refractivity contribution in [1.29, 1.82) is 0 Å². The lowest BCUT2D eigenvalue weighted by atomic mass is 10.0. The Morgan fingerprint density at radius 3 is 2.62 bits per heavy atom. The van der Waals surface area contributed by atoms with Crippen LogP contribution in [0.15, 0.2) is 10.5 Å². The van der Waals surface area contributed by atoms with Gasteiger partial charge in [-0.3, -0.25) is 4.79 Å². The molecule has 1 fully saturated rings. The minimum absolute atomic E-state index is 0.0478. The number of carboxylic acid groups (broad SMARTS) is 1. The van der Waals surface area contributed by atoms with Gasteiger partial charge in [0, 0.05) is 25.4 Å². The Bertz CT molecular complexity index is 626. The fourth-order valence-corrected chi connectivity index (χ4v) is 3.13. The van der Waals surface area contributed by atoms with Gasteiger partial charge in [-0.15, -0.1) is 10.2 Å². The lowest BCUT2D eigenvalue weighted by molar-refractivity contribution is -0.141. The van der Waals surface area contributed by atoms with Crippen molar-refractivity contribution in [2.75, 3.05) is 11.4 Å². The van der Waals surface area contributed by atoms with Crippen LogP contribution in [0.4, 0.5) is 27.8 Å². The van der Waals surface area contributed by atoms with Gasteiger partial charge in [-0.05, 0) is 28.4 Å². The summed E-state index contributed by atoms with van der Waals surface area (Å²) in [5.74, 6) is -4.40. The van der Waals surface area contributed by atoms with Crippen LogP contribution in [0, 0.1) is 0 Å². The van der Waals surface area contributed by atoms with Gasteiger partial charge in [0.2, 0.25) is 5.92 Å². The summed E-state index contributed by atoms with van der Waals surface area (Å²) in [5, 5.41) is 15.5. The van der Waals surface area contributed by atoms with Gasteiger partial charge >= 0.3 is 12.1 Å². The SMILES string of the molecule is O=C(O)CC1CC(F)(F)CCCN1c1nnc(C(F)(F)F)cc1Br. The maximum atomic E-state index is 13.8. The number of hydrogen-bond donors (Lipinski definition) is 1.